The normalized spacial score (nSPS) is 21.1. The second kappa shape index (κ2) is 12.1. The lowest BCUT2D eigenvalue weighted by Crippen LogP contribution is -2.89. The lowest BCUT2D eigenvalue weighted by Gasteiger charge is -2.30. The maximum Gasteiger partial charge on any atom is 0.186 e. The Morgan fingerprint density at radius 2 is 1.56 bits per heavy atom. The molecule has 3 nitrogen and oxygen atoms in total. The van der Waals surface area contributed by atoms with Crippen molar-refractivity contribution in [3.05, 3.63) is 178 Å². The van der Waals surface area contributed by atoms with Crippen LogP contribution in [0.1, 0.15) is 96.0 Å². The SMILES string of the molecule is CC1CC=Cc2c(c3c4c(c5c(c3n2-c2cccc(C3NC(c6ccccc6)=CC(c6ccccc6)[NH2+]3)c2)C=CCC5)C(C)(C)c2ccccc2-4)C1. The summed E-state index contributed by atoms with van der Waals surface area (Å²) in [4.78, 5) is 0. The van der Waals surface area contributed by atoms with E-state index in [4.69, 9.17) is 0 Å². The van der Waals surface area contributed by atoms with E-state index < -0.39 is 0 Å². The van der Waals surface area contributed by atoms with Crippen molar-refractivity contribution in [3.8, 4) is 16.8 Å². The molecule has 5 aromatic carbocycles. The predicted octanol–water partition coefficient (Wildman–Crippen LogP) is 10.4. The first-order valence-electron chi connectivity index (χ1n) is 19.2. The third kappa shape index (κ3) is 4.83. The number of benzene rings is 5. The zero-order chi connectivity index (χ0) is 35.0. The first-order valence-corrected chi connectivity index (χ1v) is 19.2. The highest BCUT2D eigenvalue weighted by Gasteiger charge is 2.42. The van der Waals surface area contributed by atoms with Gasteiger partial charge in [-0.15, -0.1) is 0 Å². The summed E-state index contributed by atoms with van der Waals surface area (Å²) < 4.78 is 2.64. The fraction of sp³-hybridized carbons (Fsp3) is 0.224. The van der Waals surface area contributed by atoms with E-state index in [-0.39, 0.29) is 17.6 Å². The van der Waals surface area contributed by atoms with E-state index in [1.54, 1.807) is 11.1 Å². The van der Waals surface area contributed by atoms with E-state index in [2.05, 4.69) is 176 Å². The van der Waals surface area contributed by atoms with Gasteiger partial charge in [0.05, 0.1) is 5.52 Å². The summed E-state index contributed by atoms with van der Waals surface area (Å²) >= 11 is 0. The van der Waals surface area contributed by atoms with Crippen molar-refractivity contribution in [1.29, 1.82) is 0 Å². The van der Waals surface area contributed by atoms with Gasteiger partial charge in [0.1, 0.15) is 6.04 Å². The smallest absolute Gasteiger partial charge is 0.186 e. The summed E-state index contributed by atoms with van der Waals surface area (Å²) in [5, 5.41) is 7.90. The molecule has 3 unspecified atom stereocenters. The van der Waals surface area contributed by atoms with Crippen molar-refractivity contribution in [3.63, 3.8) is 0 Å². The standard InChI is InChI=1S/C49H45N3/c1-31-16-14-27-43-39(28-31)45-44-38-25-12-13-26-40(38)49(2,3)46(44)36-23-10-11-24-37(36)47(45)52(43)35-22-15-21-34(29-35)48-50-41(32-17-6-4-7-18-32)30-42(51-48)33-19-8-5-9-20-33/h4-9,11-15,17-22,24-27,29-31,41,48,50-51H,10,16,23,28H2,1-3H3/p+1. The summed E-state index contributed by atoms with van der Waals surface area (Å²) in [6.07, 6.45) is 16.5. The van der Waals surface area contributed by atoms with Gasteiger partial charge in [-0.3, -0.25) is 0 Å². The van der Waals surface area contributed by atoms with Gasteiger partial charge in [0, 0.05) is 50.6 Å². The van der Waals surface area contributed by atoms with Gasteiger partial charge in [-0.05, 0) is 88.8 Å². The predicted molar refractivity (Wildman–Crippen MR) is 216 cm³/mol. The molecule has 0 amide bonds. The molecule has 0 spiro atoms. The van der Waals surface area contributed by atoms with Crippen LogP contribution in [0.5, 0.6) is 0 Å². The molecule has 3 N–H and O–H groups in total. The Morgan fingerprint density at radius 3 is 2.40 bits per heavy atom. The van der Waals surface area contributed by atoms with Crippen LogP contribution in [0.3, 0.4) is 0 Å². The zero-order valence-corrected chi connectivity index (χ0v) is 30.4. The summed E-state index contributed by atoms with van der Waals surface area (Å²) in [7, 11) is 0. The molecule has 0 saturated heterocycles. The summed E-state index contributed by atoms with van der Waals surface area (Å²) in [5.74, 6) is 0.578. The van der Waals surface area contributed by atoms with E-state index in [9.17, 15) is 0 Å². The number of nitrogens with zero attached hydrogens (tertiary/aromatic N) is 1. The Hall–Kier alpha value is -5.38. The Morgan fingerprint density at radius 1 is 0.788 bits per heavy atom. The molecule has 10 rings (SSSR count). The Balaban J connectivity index is 1.20. The average Bonchev–Trinajstić information content (AvgIpc) is 3.54. The molecule has 1 aliphatic heterocycles. The van der Waals surface area contributed by atoms with Crippen molar-refractivity contribution in [2.24, 2.45) is 5.92 Å². The second-order valence-electron chi connectivity index (χ2n) is 15.9. The summed E-state index contributed by atoms with van der Waals surface area (Å²) in [5.41, 5.74) is 19.3. The van der Waals surface area contributed by atoms with E-state index in [1.807, 2.05) is 0 Å². The highest BCUT2D eigenvalue weighted by atomic mass is 15.2. The van der Waals surface area contributed by atoms with Crippen molar-refractivity contribution in [2.75, 3.05) is 0 Å². The number of hydrogen-bond donors (Lipinski definition) is 2. The average molecular weight is 677 g/mol. The largest absolute Gasteiger partial charge is 0.332 e. The molecule has 0 bridgehead atoms. The maximum absolute atomic E-state index is 3.95. The number of fused-ring (bicyclic) bond motifs is 10. The van der Waals surface area contributed by atoms with Crippen LogP contribution in [0.2, 0.25) is 0 Å². The van der Waals surface area contributed by atoms with Gasteiger partial charge in [0.25, 0.3) is 0 Å². The molecule has 4 aliphatic rings. The van der Waals surface area contributed by atoms with Crippen LogP contribution in [-0.4, -0.2) is 4.57 Å². The second-order valence-corrected chi connectivity index (χ2v) is 15.9. The zero-order valence-electron chi connectivity index (χ0n) is 30.4. The number of rotatable bonds is 4. The van der Waals surface area contributed by atoms with Gasteiger partial charge < -0.3 is 15.2 Å². The van der Waals surface area contributed by atoms with E-state index in [0.29, 0.717) is 5.92 Å². The molecule has 1 aromatic heterocycles. The van der Waals surface area contributed by atoms with E-state index in [0.717, 1.165) is 25.7 Å². The number of nitrogens with two attached hydrogens (primary N) is 1. The Kier molecular flexibility index (Phi) is 7.30. The third-order valence-electron chi connectivity index (χ3n) is 12.2. The molecule has 2 heterocycles. The Labute approximate surface area is 307 Å². The van der Waals surface area contributed by atoms with Crippen LogP contribution in [0.25, 0.3) is 45.6 Å². The van der Waals surface area contributed by atoms with Crippen molar-refractivity contribution >= 4 is 28.8 Å². The number of aromatic nitrogens is 1. The van der Waals surface area contributed by atoms with Crippen molar-refractivity contribution < 1.29 is 5.32 Å². The molecule has 256 valence electrons. The number of quaternary nitrogens is 1. The lowest BCUT2D eigenvalue weighted by atomic mass is 9.76. The van der Waals surface area contributed by atoms with Gasteiger partial charge in [0.2, 0.25) is 0 Å². The molecule has 6 aromatic rings. The fourth-order valence-corrected chi connectivity index (χ4v) is 9.86. The van der Waals surface area contributed by atoms with Gasteiger partial charge in [-0.2, -0.15) is 0 Å². The number of hydrogen-bond acceptors (Lipinski definition) is 1. The van der Waals surface area contributed by atoms with Crippen LogP contribution in [0, 0.1) is 5.92 Å². The highest BCUT2D eigenvalue weighted by Crippen LogP contribution is 2.56. The van der Waals surface area contributed by atoms with Crippen molar-refractivity contribution in [1.82, 2.24) is 9.88 Å². The van der Waals surface area contributed by atoms with Crippen molar-refractivity contribution in [2.45, 2.75) is 64.1 Å². The van der Waals surface area contributed by atoms with Gasteiger partial charge in [0.15, 0.2) is 6.17 Å². The molecule has 3 aliphatic carbocycles. The molecule has 3 heteroatoms. The van der Waals surface area contributed by atoms with Crippen LogP contribution in [0.15, 0.2) is 127 Å². The van der Waals surface area contributed by atoms with E-state index in [1.165, 1.54) is 72.5 Å². The van der Waals surface area contributed by atoms with Crippen LogP contribution < -0.4 is 10.6 Å². The summed E-state index contributed by atoms with van der Waals surface area (Å²) in [6.45, 7) is 7.34. The fourth-order valence-electron chi connectivity index (χ4n) is 9.86. The van der Waals surface area contributed by atoms with Crippen LogP contribution >= 0.6 is 0 Å². The summed E-state index contributed by atoms with van der Waals surface area (Å²) in [6, 6.07) is 40.5. The number of nitrogens with one attached hydrogen (secondary N) is 1. The topological polar surface area (TPSA) is 33.6 Å². The van der Waals surface area contributed by atoms with Gasteiger partial charge in [-0.1, -0.05) is 136 Å². The lowest BCUT2D eigenvalue weighted by molar-refractivity contribution is -0.731. The molecular weight excluding hydrogens is 631 g/mol. The van der Waals surface area contributed by atoms with Crippen LogP contribution in [0.4, 0.5) is 0 Å². The maximum atomic E-state index is 3.95. The van der Waals surface area contributed by atoms with E-state index >= 15 is 0 Å². The first kappa shape index (κ1) is 31.4. The minimum atomic E-state index is -0.0434. The quantitative estimate of drug-likeness (QED) is 0.191. The van der Waals surface area contributed by atoms with Gasteiger partial charge in [-0.25, -0.2) is 0 Å². The molecule has 0 radical (unpaired) electrons. The first-order chi connectivity index (χ1) is 25.5. The highest BCUT2D eigenvalue weighted by molar-refractivity contribution is 6.10. The molecule has 52 heavy (non-hydrogen) atoms. The monoisotopic (exact) mass is 676 g/mol. The molecular formula is C49H46N3+. The Bertz CT molecular complexity index is 2460. The van der Waals surface area contributed by atoms with Crippen LogP contribution in [-0.2, 0) is 18.3 Å². The number of allylic oxidation sites excluding steroid dienone is 2. The molecule has 3 atom stereocenters. The molecule has 0 saturated carbocycles. The third-order valence-corrected chi connectivity index (χ3v) is 12.2. The van der Waals surface area contributed by atoms with Gasteiger partial charge >= 0.3 is 0 Å². The molecule has 0 fully saturated rings. The minimum absolute atomic E-state index is 0.0434. The minimum Gasteiger partial charge on any atom is -0.332 e.